The highest BCUT2D eigenvalue weighted by molar-refractivity contribution is 5.92. The van der Waals surface area contributed by atoms with Crippen LogP contribution in [0.5, 0.6) is 0 Å². The number of hydrogen-bond acceptors (Lipinski definition) is 2. The van der Waals surface area contributed by atoms with E-state index in [0.29, 0.717) is 23.1 Å². The van der Waals surface area contributed by atoms with Gasteiger partial charge in [0.2, 0.25) is 0 Å². The van der Waals surface area contributed by atoms with Crippen molar-refractivity contribution in [3.8, 4) is 0 Å². The van der Waals surface area contributed by atoms with E-state index in [0.717, 1.165) is 36.9 Å². The Balaban J connectivity index is 1.82. The highest BCUT2D eigenvalue weighted by atomic mass is 19.1. The van der Waals surface area contributed by atoms with Crippen molar-refractivity contribution in [1.29, 1.82) is 0 Å². The number of halogens is 1. The molecule has 27 heavy (non-hydrogen) atoms. The van der Waals surface area contributed by atoms with Crippen LogP contribution in [0.3, 0.4) is 0 Å². The van der Waals surface area contributed by atoms with E-state index >= 15 is 0 Å². The van der Waals surface area contributed by atoms with Gasteiger partial charge < -0.3 is 10.4 Å². The Hall–Kier alpha value is -2.24. The molecule has 2 aromatic carbocycles. The van der Waals surface area contributed by atoms with Crippen LogP contribution in [-0.4, -0.2) is 34.8 Å². The fourth-order valence-corrected chi connectivity index (χ4v) is 3.93. The number of aliphatic hydroxyl groups is 1. The lowest BCUT2D eigenvalue weighted by Gasteiger charge is -2.41. The van der Waals surface area contributed by atoms with E-state index in [1.165, 1.54) is 12.1 Å². The molecule has 1 fully saturated rings. The van der Waals surface area contributed by atoms with Crippen LogP contribution in [0, 0.1) is 12.7 Å². The maximum Gasteiger partial charge on any atom is 0.279 e. The molecule has 0 bridgehead atoms. The number of carbonyl (C=O) groups excluding carboxylic acids is 1. The van der Waals surface area contributed by atoms with Crippen molar-refractivity contribution in [1.82, 2.24) is 0 Å². The van der Waals surface area contributed by atoms with Crippen molar-refractivity contribution >= 4 is 11.6 Å². The summed E-state index contributed by atoms with van der Waals surface area (Å²) in [7, 11) is 0. The van der Waals surface area contributed by atoms with Gasteiger partial charge in [0, 0.05) is 17.7 Å². The predicted molar refractivity (Wildman–Crippen MR) is 104 cm³/mol. The molecule has 1 aliphatic heterocycles. The molecular formula is C22H28FN2O2+. The van der Waals surface area contributed by atoms with Gasteiger partial charge in [-0.2, -0.15) is 0 Å². The summed E-state index contributed by atoms with van der Waals surface area (Å²) < 4.78 is 13.9. The minimum Gasteiger partial charge on any atom is -0.345 e. The molecule has 0 spiro atoms. The Morgan fingerprint density at radius 3 is 2.74 bits per heavy atom. The molecule has 1 saturated heterocycles. The van der Waals surface area contributed by atoms with E-state index in [9.17, 15) is 14.3 Å². The number of benzene rings is 2. The number of anilines is 1. The van der Waals surface area contributed by atoms with E-state index in [-0.39, 0.29) is 18.3 Å². The molecule has 4 nitrogen and oxygen atoms in total. The topological polar surface area (TPSA) is 49.3 Å². The van der Waals surface area contributed by atoms with Gasteiger partial charge in [-0.05, 0) is 43.9 Å². The molecule has 2 unspecified atom stereocenters. The standard InChI is InChI=1S/C22H27FN2O2/c1-17-11-12-19(23)14-20(17)24-21(26)16-25(13-7-3-6-10-22(25)27)15-18-8-4-2-5-9-18/h2,4-5,8-9,11-12,14,22,27H,3,6-7,10,13,15-16H2,1H3/p+1. The van der Waals surface area contributed by atoms with Gasteiger partial charge in [-0.15, -0.1) is 0 Å². The first-order valence-electron chi connectivity index (χ1n) is 9.62. The molecule has 0 saturated carbocycles. The summed E-state index contributed by atoms with van der Waals surface area (Å²) in [5, 5.41) is 13.8. The van der Waals surface area contributed by atoms with E-state index < -0.39 is 6.23 Å². The van der Waals surface area contributed by atoms with E-state index in [2.05, 4.69) is 5.32 Å². The van der Waals surface area contributed by atoms with E-state index in [1.54, 1.807) is 6.07 Å². The zero-order valence-corrected chi connectivity index (χ0v) is 15.8. The average molecular weight is 371 g/mol. The average Bonchev–Trinajstić information content (AvgIpc) is 2.81. The van der Waals surface area contributed by atoms with Crippen LogP contribution in [0.4, 0.5) is 10.1 Å². The maximum atomic E-state index is 13.5. The molecular weight excluding hydrogens is 343 g/mol. The third-order valence-electron chi connectivity index (χ3n) is 5.47. The zero-order valence-electron chi connectivity index (χ0n) is 15.8. The summed E-state index contributed by atoms with van der Waals surface area (Å²) in [5.41, 5.74) is 2.41. The van der Waals surface area contributed by atoms with E-state index in [1.807, 2.05) is 37.3 Å². The summed E-state index contributed by atoms with van der Waals surface area (Å²) in [4.78, 5) is 12.8. The van der Waals surface area contributed by atoms with Gasteiger partial charge in [0.25, 0.3) is 5.91 Å². The Bertz CT molecular complexity index is 781. The number of aliphatic hydroxyl groups excluding tert-OH is 1. The van der Waals surface area contributed by atoms with Gasteiger partial charge in [0.15, 0.2) is 12.8 Å². The fourth-order valence-electron chi connectivity index (χ4n) is 3.93. The van der Waals surface area contributed by atoms with Crippen molar-refractivity contribution in [2.45, 2.75) is 45.4 Å². The van der Waals surface area contributed by atoms with Gasteiger partial charge in [-0.1, -0.05) is 36.4 Å². The Morgan fingerprint density at radius 2 is 1.96 bits per heavy atom. The summed E-state index contributed by atoms with van der Waals surface area (Å²) in [6.07, 6.45) is 3.14. The normalized spacial score (nSPS) is 22.9. The first-order chi connectivity index (χ1) is 13.0. The highest BCUT2D eigenvalue weighted by Gasteiger charge is 2.39. The van der Waals surface area contributed by atoms with Gasteiger partial charge in [-0.3, -0.25) is 9.28 Å². The lowest BCUT2D eigenvalue weighted by molar-refractivity contribution is -0.975. The Labute approximate surface area is 160 Å². The molecule has 1 heterocycles. The van der Waals surface area contributed by atoms with Crippen LogP contribution in [0.25, 0.3) is 0 Å². The minimum atomic E-state index is -0.577. The van der Waals surface area contributed by atoms with Crippen molar-refractivity contribution in [3.63, 3.8) is 0 Å². The van der Waals surface area contributed by atoms with Crippen molar-refractivity contribution in [2.24, 2.45) is 0 Å². The molecule has 0 radical (unpaired) electrons. The number of nitrogens with one attached hydrogen (secondary N) is 1. The summed E-state index contributed by atoms with van der Waals surface area (Å²) in [5.74, 6) is -0.570. The molecule has 0 aromatic heterocycles. The van der Waals surface area contributed by atoms with Gasteiger partial charge in [-0.25, -0.2) is 4.39 Å². The van der Waals surface area contributed by atoms with Gasteiger partial charge in [0.05, 0.1) is 6.54 Å². The molecule has 1 amide bonds. The van der Waals surface area contributed by atoms with Crippen LogP contribution < -0.4 is 5.32 Å². The quantitative estimate of drug-likeness (QED) is 0.781. The van der Waals surface area contributed by atoms with Crippen molar-refractivity contribution in [3.05, 3.63) is 65.5 Å². The SMILES string of the molecule is Cc1ccc(F)cc1NC(=O)C[N+]1(Cc2ccccc2)CCCCCC1O. The number of likely N-dealkylation sites (tertiary alicyclic amines) is 1. The summed E-state index contributed by atoms with van der Waals surface area (Å²) >= 11 is 0. The van der Waals surface area contributed by atoms with Crippen LogP contribution in [0.15, 0.2) is 48.5 Å². The Kier molecular flexibility index (Phi) is 6.24. The van der Waals surface area contributed by atoms with Crippen LogP contribution in [-0.2, 0) is 11.3 Å². The molecule has 2 aromatic rings. The number of quaternary nitrogens is 1. The third kappa shape index (κ3) is 4.93. The molecule has 5 heteroatoms. The van der Waals surface area contributed by atoms with Crippen LogP contribution in [0.2, 0.25) is 0 Å². The second-order valence-electron chi connectivity index (χ2n) is 7.58. The number of hydrogen-bond donors (Lipinski definition) is 2. The largest absolute Gasteiger partial charge is 0.345 e. The third-order valence-corrected chi connectivity index (χ3v) is 5.47. The molecule has 0 aliphatic carbocycles. The zero-order chi connectivity index (χ0) is 19.3. The Morgan fingerprint density at radius 1 is 1.19 bits per heavy atom. The smallest absolute Gasteiger partial charge is 0.279 e. The molecule has 3 rings (SSSR count). The van der Waals surface area contributed by atoms with Crippen molar-refractivity contribution < 1.29 is 18.8 Å². The molecule has 144 valence electrons. The second kappa shape index (κ2) is 8.63. The van der Waals surface area contributed by atoms with Crippen LogP contribution in [0.1, 0.15) is 36.8 Å². The van der Waals surface area contributed by atoms with Crippen LogP contribution >= 0.6 is 0 Å². The maximum absolute atomic E-state index is 13.5. The summed E-state index contributed by atoms with van der Waals surface area (Å²) in [6.45, 7) is 3.37. The molecule has 2 atom stereocenters. The first-order valence-corrected chi connectivity index (χ1v) is 9.62. The number of carbonyl (C=O) groups is 1. The first kappa shape index (κ1) is 19.5. The lowest BCUT2D eigenvalue weighted by atomic mass is 10.1. The second-order valence-corrected chi connectivity index (χ2v) is 7.58. The van der Waals surface area contributed by atoms with Gasteiger partial charge in [0.1, 0.15) is 12.4 Å². The lowest BCUT2D eigenvalue weighted by Crippen LogP contribution is -2.58. The highest BCUT2D eigenvalue weighted by Crippen LogP contribution is 2.27. The van der Waals surface area contributed by atoms with E-state index in [4.69, 9.17) is 0 Å². The fraction of sp³-hybridized carbons (Fsp3) is 0.409. The molecule has 2 N–H and O–H groups in total. The van der Waals surface area contributed by atoms with Crippen molar-refractivity contribution in [2.75, 3.05) is 18.4 Å². The summed E-state index contributed by atoms with van der Waals surface area (Å²) in [6, 6.07) is 14.4. The number of amides is 1. The number of nitrogens with zero attached hydrogens (tertiary/aromatic N) is 1. The number of aryl methyl sites for hydroxylation is 1. The monoisotopic (exact) mass is 371 g/mol. The number of rotatable bonds is 5. The minimum absolute atomic E-state index is 0.173. The predicted octanol–water partition coefficient (Wildman–Crippen LogP) is 3.98. The van der Waals surface area contributed by atoms with Gasteiger partial charge >= 0.3 is 0 Å². The molecule has 1 aliphatic rings.